The number of nitrogens with one attached hydrogen (secondary N) is 1. The van der Waals surface area contributed by atoms with Crippen LogP contribution in [0, 0.1) is 5.92 Å². The SMILES string of the molecule is CCCCCNC(=O)CCC(C)C. The van der Waals surface area contributed by atoms with Gasteiger partial charge in [-0.05, 0) is 18.8 Å². The maximum atomic E-state index is 11.2. The fraction of sp³-hybridized carbons (Fsp3) is 0.909. The molecule has 0 atom stereocenters. The van der Waals surface area contributed by atoms with Crippen LogP contribution in [-0.4, -0.2) is 12.5 Å². The largest absolute Gasteiger partial charge is 0.356 e. The smallest absolute Gasteiger partial charge is 0.220 e. The topological polar surface area (TPSA) is 29.1 Å². The molecule has 0 aromatic rings. The molecule has 2 nitrogen and oxygen atoms in total. The summed E-state index contributed by atoms with van der Waals surface area (Å²) in [5.41, 5.74) is 0. The summed E-state index contributed by atoms with van der Waals surface area (Å²) < 4.78 is 0. The molecule has 0 rings (SSSR count). The van der Waals surface area contributed by atoms with Crippen LogP contribution in [0.3, 0.4) is 0 Å². The van der Waals surface area contributed by atoms with Crippen molar-refractivity contribution in [3.05, 3.63) is 0 Å². The van der Waals surface area contributed by atoms with Crippen LogP contribution < -0.4 is 5.32 Å². The number of amides is 1. The molecule has 0 heterocycles. The Kier molecular flexibility index (Phi) is 7.76. The second kappa shape index (κ2) is 8.09. The van der Waals surface area contributed by atoms with Crippen molar-refractivity contribution < 1.29 is 4.79 Å². The Morgan fingerprint density at radius 1 is 1.31 bits per heavy atom. The van der Waals surface area contributed by atoms with Gasteiger partial charge in [-0.3, -0.25) is 4.79 Å². The van der Waals surface area contributed by atoms with Gasteiger partial charge in [-0.25, -0.2) is 0 Å². The van der Waals surface area contributed by atoms with E-state index >= 15 is 0 Å². The van der Waals surface area contributed by atoms with Crippen molar-refractivity contribution in [3.8, 4) is 0 Å². The number of carbonyl (C=O) groups excluding carboxylic acids is 1. The zero-order valence-corrected chi connectivity index (χ0v) is 9.23. The first kappa shape index (κ1) is 12.5. The molecule has 78 valence electrons. The number of rotatable bonds is 7. The summed E-state index contributed by atoms with van der Waals surface area (Å²) in [7, 11) is 0. The molecule has 0 fully saturated rings. The molecule has 2 heteroatoms. The molecule has 0 aliphatic rings. The first-order chi connectivity index (χ1) is 6.16. The number of carbonyl (C=O) groups is 1. The second-order valence-electron chi connectivity index (χ2n) is 3.99. The highest BCUT2D eigenvalue weighted by Crippen LogP contribution is 2.02. The minimum absolute atomic E-state index is 0.213. The fourth-order valence-electron chi connectivity index (χ4n) is 1.11. The van der Waals surface area contributed by atoms with Crippen LogP contribution in [-0.2, 0) is 4.79 Å². The summed E-state index contributed by atoms with van der Waals surface area (Å²) in [5, 5.41) is 2.93. The third-order valence-corrected chi connectivity index (χ3v) is 2.05. The van der Waals surface area contributed by atoms with Gasteiger partial charge in [0.25, 0.3) is 0 Å². The molecule has 0 bridgehead atoms. The molecule has 0 aromatic heterocycles. The van der Waals surface area contributed by atoms with Gasteiger partial charge < -0.3 is 5.32 Å². The molecule has 0 spiro atoms. The Balaban J connectivity index is 3.20. The van der Waals surface area contributed by atoms with Crippen molar-refractivity contribution in [1.29, 1.82) is 0 Å². The van der Waals surface area contributed by atoms with Crippen LogP contribution in [0.5, 0.6) is 0 Å². The Bertz CT molecular complexity index is 132. The zero-order chi connectivity index (χ0) is 10.1. The normalized spacial score (nSPS) is 10.5. The molecule has 0 aromatic carbocycles. The summed E-state index contributed by atoms with van der Waals surface area (Å²) in [6, 6.07) is 0. The van der Waals surface area contributed by atoms with Gasteiger partial charge in [0.1, 0.15) is 0 Å². The summed E-state index contributed by atoms with van der Waals surface area (Å²) in [6.07, 6.45) is 5.22. The maximum absolute atomic E-state index is 11.2. The molecule has 0 unspecified atom stereocenters. The van der Waals surface area contributed by atoms with E-state index in [0.29, 0.717) is 12.3 Å². The second-order valence-corrected chi connectivity index (χ2v) is 3.99. The van der Waals surface area contributed by atoms with Crippen LogP contribution >= 0.6 is 0 Å². The molecule has 0 aliphatic carbocycles. The van der Waals surface area contributed by atoms with E-state index in [9.17, 15) is 4.79 Å². The first-order valence-corrected chi connectivity index (χ1v) is 5.43. The predicted octanol–water partition coefficient (Wildman–Crippen LogP) is 2.73. The van der Waals surface area contributed by atoms with E-state index in [1.165, 1.54) is 12.8 Å². The molecule has 1 N–H and O–H groups in total. The summed E-state index contributed by atoms with van der Waals surface area (Å²) in [5.74, 6) is 0.839. The van der Waals surface area contributed by atoms with Crippen LogP contribution in [0.1, 0.15) is 52.9 Å². The minimum atomic E-state index is 0.213. The van der Waals surface area contributed by atoms with Crippen molar-refractivity contribution in [3.63, 3.8) is 0 Å². The highest BCUT2D eigenvalue weighted by molar-refractivity contribution is 5.75. The van der Waals surface area contributed by atoms with Crippen molar-refractivity contribution >= 4 is 5.91 Å². The van der Waals surface area contributed by atoms with E-state index in [2.05, 4.69) is 26.1 Å². The van der Waals surface area contributed by atoms with Gasteiger partial charge in [0.15, 0.2) is 0 Å². The highest BCUT2D eigenvalue weighted by Gasteiger charge is 2.01. The number of unbranched alkanes of at least 4 members (excludes halogenated alkanes) is 2. The third kappa shape index (κ3) is 9.38. The summed E-state index contributed by atoms with van der Waals surface area (Å²) >= 11 is 0. The molecule has 1 amide bonds. The predicted molar refractivity (Wildman–Crippen MR) is 56.6 cm³/mol. The molecular formula is C11H23NO. The van der Waals surface area contributed by atoms with Crippen molar-refractivity contribution in [1.82, 2.24) is 5.32 Å². The molecule has 0 aliphatic heterocycles. The number of hydrogen-bond acceptors (Lipinski definition) is 1. The van der Waals surface area contributed by atoms with Crippen LogP contribution in [0.25, 0.3) is 0 Å². The quantitative estimate of drug-likeness (QED) is 0.607. The molecule has 0 saturated carbocycles. The third-order valence-electron chi connectivity index (χ3n) is 2.05. The van der Waals surface area contributed by atoms with E-state index in [4.69, 9.17) is 0 Å². The molecule has 0 radical (unpaired) electrons. The van der Waals surface area contributed by atoms with Gasteiger partial charge in [0.05, 0.1) is 0 Å². The monoisotopic (exact) mass is 185 g/mol. The molecular weight excluding hydrogens is 162 g/mol. The Labute approximate surface area is 82.1 Å². The van der Waals surface area contributed by atoms with E-state index in [1.807, 2.05) is 0 Å². The fourth-order valence-corrected chi connectivity index (χ4v) is 1.11. The lowest BCUT2D eigenvalue weighted by Gasteiger charge is -2.05. The van der Waals surface area contributed by atoms with Gasteiger partial charge >= 0.3 is 0 Å². The van der Waals surface area contributed by atoms with Crippen molar-refractivity contribution in [2.45, 2.75) is 52.9 Å². The van der Waals surface area contributed by atoms with E-state index < -0.39 is 0 Å². The minimum Gasteiger partial charge on any atom is -0.356 e. The lowest BCUT2D eigenvalue weighted by Crippen LogP contribution is -2.24. The first-order valence-electron chi connectivity index (χ1n) is 5.43. The van der Waals surface area contributed by atoms with Gasteiger partial charge in [0, 0.05) is 13.0 Å². The van der Waals surface area contributed by atoms with E-state index in [0.717, 1.165) is 19.4 Å². The van der Waals surface area contributed by atoms with E-state index in [-0.39, 0.29) is 5.91 Å². The average molecular weight is 185 g/mol. The molecule has 13 heavy (non-hydrogen) atoms. The maximum Gasteiger partial charge on any atom is 0.220 e. The lowest BCUT2D eigenvalue weighted by molar-refractivity contribution is -0.121. The number of hydrogen-bond donors (Lipinski definition) is 1. The standard InChI is InChI=1S/C11H23NO/c1-4-5-6-9-12-11(13)8-7-10(2)3/h10H,4-9H2,1-3H3,(H,12,13). The molecule has 0 saturated heterocycles. The van der Waals surface area contributed by atoms with Gasteiger partial charge in [-0.2, -0.15) is 0 Å². The van der Waals surface area contributed by atoms with Crippen LogP contribution in [0.2, 0.25) is 0 Å². The Hall–Kier alpha value is -0.530. The van der Waals surface area contributed by atoms with E-state index in [1.54, 1.807) is 0 Å². The van der Waals surface area contributed by atoms with Crippen molar-refractivity contribution in [2.24, 2.45) is 5.92 Å². The van der Waals surface area contributed by atoms with Gasteiger partial charge in [-0.1, -0.05) is 33.6 Å². The lowest BCUT2D eigenvalue weighted by atomic mass is 10.1. The summed E-state index contributed by atoms with van der Waals surface area (Å²) in [6.45, 7) is 7.31. The van der Waals surface area contributed by atoms with Crippen LogP contribution in [0.4, 0.5) is 0 Å². The highest BCUT2D eigenvalue weighted by atomic mass is 16.1. The average Bonchev–Trinajstić information content (AvgIpc) is 2.09. The van der Waals surface area contributed by atoms with Crippen molar-refractivity contribution in [2.75, 3.05) is 6.54 Å². The van der Waals surface area contributed by atoms with Gasteiger partial charge in [-0.15, -0.1) is 0 Å². The van der Waals surface area contributed by atoms with Crippen LogP contribution in [0.15, 0.2) is 0 Å². The Morgan fingerprint density at radius 2 is 2.00 bits per heavy atom. The zero-order valence-electron chi connectivity index (χ0n) is 9.23. The van der Waals surface area contributed by atoms with Gasteiger partial charge in [0.2, 0.25) is 5.91 Å². The Morgan fingerprint density at radius 3 is 2.54 bits per heavy atom. The summed E-state index contributed by atoms with van der Waals surface area (Å²) in [4.78, 5) is 11.2.